The van der Waals surface area contributed by atoms with Crippen molar-refractivity contribution in [2.75, 3.05) is 11.2 Å². The van der Waals surface area contributed by atoms with Crippen LogP contribution in [0.3, 0.4) is 0 Å². The lowest BCUT2D eigenvalue weighted by molar-refractivity contribution is 1.05. The largest absolute Gasteiger partial charge is 0.368 e. The summed E-state index contributed by atoms with van der Waals surface area (Å²) < 4.78 is 0.915. The van der Waals surface area contributed by atoms with E-state index in [1.54, 1.807) is 17.4 Å². The maximum atomic E-state index is 5.55. The van der Waals surface area contributed by atoms with Crippen LogP contribution in [0.1, 0.15) is 5.69 Å². The summed E-state index contributed by atoms with van der Waals surface area (Å²) in [5, 5.41) is 2.70. The first kappa shape index (κ1) is 11.1. The lowest BCUT2D eigenvalue weighted by Gasteiger charge is -2.02. The number of nitrogens with zero attached hydrogens (tertiary/aromatic N) is 3. The van der Waals surface area contributed by atoms with Crippen molar-refractivity contribution in [3.05, 3.63) is 17.1 Å². The van der Waals surface area contributed by atoms with Crippen molar-refractivity contribution < 1.29 is 0 Å². The molecule has 0 aromatic carbocycles. The first-order chi connectivity index (χ1) is 7.67. The molecule has 0 aliphatic heterocycles. The smallest absolute Gasteiger partial charge is 0.223 e. The van der Waals surface area contributed by atoms with Gasteiger partial charge in [0.15, 0.2) is 4.34 Å². The number of hydrogen-bond donors (Lipinski definition) is 3. The standard InChI is InChI=1S/C8H10N6S2/c1-4-3-15-8(11-4)16-6-2-5(14-10)12-7(9)13-6/h2-3H,10H2,1H3,(H3,9,12,13,14). The Morgan fingerprint density at radius 1 is 1.38 bits per heavy atom. The minimum absolute atomic E-state index is 0.186. The summed E-state index contributed by atoms with van der Waals surface area (Å²) >= 11 is 3.00. The number of nitrogens with one attached hydrogen (secondary N) is 1. The molecule has 0 saturated heterocycles. The predicted molar refractivity (Wildman–Crippen MR) is 65.2 cm³/mol. The molecule has 16 heavy (non-hydrogen) atoms. The van der Waals surface area contributed by atoms with E-state index in [1.807, 2.05) is 12.3 Å². The molecule has 8 heteroatoms. The lowest BCUT2D eigenvalue weighted by Crippen LogP contribution is -2.10. The molecule has 2 aromatic heterocycles. The molecule has 0 aliphatic rings. The Morgan fingerprint density at radius 3 is 2.81 bits per heavy atom. The summed E-state index contributed by atoms with van der Waals surface area (Å²) in [6, 6.07) is 1.72. The van der Waals surface area contributed by atoms with Crippen LogP contribution in [0.2, 0.25) is 0 Å². The molecular weight excluding hydrogens is 244 g/mol. The predicted octanol–water partition coefficient (Wildman–Crippen LogP) is 1.26. The van der Waals surface area contributed by atoms with Crippen molar-refractivity contribution in [2.45, 2.75) is 16.3 Å². The molecule has 84 valence electrons. The number of aromatic nitrogens is 3. The van der Waals surface area contributed by atoms with Gasteiger partial charge in [-0.25, -0.2) is 15.8 Å². The van der Waals surface area contributed by atoms with E-state index in [0.29, 0.717) is 5.82 Å². The van der Waals surface area contributed by atoms with Crippen molar-refractivity contribution >= 4 is 34.9 Å². The van der Waals surface area contributed by atoms with E-state index in [-0.39, 0.29) is 5.95 Å². The van der Waals surface area contributed by atoms with Gasteiger partial charge in [0.1, 0.15) is 10.8 Å². The minimum Gasteiger partial charge on any atom is -0.368 e. The third-order valence-corrected chi connectivity index (χ3v) is 3.63. The van der Waals surface area contributed by atoms with E-state index in [2.05, 4.69) is 20.4 Å². The van der Waals surface area contributed by atoms with Gasteiger partial charge in [0, 0.05) is 17.1 Å². The molecule has 6 nitrogen and oxygen atoms in total. The number of hydrazine groups is 1. The third kappa shape index (κ3) is 2.60. The number of hydrogen-bond acceptors (Lipinski definition) is 8. The number of anilines is 2. The van der Waals surface area contributed by atoms with Gasteiger partial charge in [-0.15, -0.1) is 11.3 Å². The highest BCUT2D eigenvalue weighted by molar-refractivity contribution is 8.01. The Morgan fingerprint density at radius 2 is 2.19 bits per heavy atom. The zero-order valence-electron chi connectivity index (χ0n) is 8.47. The third-order valence-electron chi connectivity index (χ3n) is 1.66. The molecule has 0 spiro atoms. The summed E-state index contributed by atoms with van der Waals surface area (Å²) in [5.74, 6) is 5.94. The number of thiazole rings is 1. The minimum atomic E-state index is 0.186. The highest BCUT2D eigenvalue weighted by atomic mass is 32.2. The summed E-state index contributed by atoms with van der Waals surface area (Å²) in [6.45, 7) is 1.95. The monoisotopic (exact) mass is 254 g/mol. The van der Waals surface area contributed by atoms with Crippen LogP contribution in [0.15, 0.2) is 20.8 Å². The van der Waals surface area contributed by atoms with Crippen LogP contribution in [0.5, 0.6) is 0 Å². The molecule has 0 saturated carbocycles. The first-order valence-electron chi connectivity index (χ1n) is 4.38. The average molecular weight is 254 g/mol. The first-order valence-corrected chi connectivity index (χ1v) is 6.08. The fourth-order valence-electron chi connectivity index (χ4n) is 1.04. The van der Waals surface area contributed by atoms with E-state index in [0.717, 1.165) is 15.1 Å². The van der Waals surface area contributed by atoms with Crippen LogP contribution in [-0.2, 0) is 0 Å². The van der Waals surface area contributed by atoms with Crippen molar-refractivity contribution in [1.82, 2.24) is 15.0 Å². The molecule has 5 N–H and O–H groups in total. The second-order valence-corrected chi connectivity index (χ2v) is 5.08. The molecule has 0 atom stereocenters. The van der Waals surface area contributed by atoms with Crippen molar-refractivity contribution in [3.63, 3.8) is 0 Å². The summed E-state index contributed by atoms with van der Waals surface area (Å²) in [4.78, 5) is 12.3. The van der Waals surface area contributed by atoms with E-state index in [9.17, 15) is 0 Å². The van der Waals surface area contributed by atoms with Crippen LogP contribution in [0.4, 0.5) is 11.8 Å². The van der Waals surface area contributed by atoms with Crippen LogP contribution < -0.4 is 17.0 Å². The van der Waals surface area contributed by atoms with Gasteiger partial charge in [0.05, 0.1) is 0 Å². The highest BCUT2D eigenvalue weighted by Gasteiger charge is 2.06. The van der Waals surface area contributed by atoms with E-state index in [4.69, 9.17) is 11.6 Å². The van der Waals surface area contributed by atoms with Gasteiger partial charge in [0.2, 0.25) is 5.95 Å². The fourth-order valence-corrected chi connectivity index (χ4v) is 2.83. The molecule has 2 aromatic rings. The molecule has 2 heterocycles. The molecule has 0 aliphatic carbocycles. The molecule has 0 bridgehead atoms. The van der Waals surface area contributed by atoms with E-state index < -0.39 is 0 Å². The summed E-state index contributed by atoms with van der Waals surface area (Å²) in [5.41, 5.74) is 8.98. The number of aryl methyl sites for hydroxylation is 1. The van der Waals surface area contributed by atoms with Crippen molar-refractivity contribution in [3.8, 4) is 0 Å². The molecule has 0 fully saturated rings. The second-order valence-electron chi connectivity index (χ2n) is 2.95. The van der Waals surface area contributed by atoms with Gasteiger partial charge in [-0.1, -0.05) is 0 Å². The van der Waals surface area contributed by atoms with Gasteiger partial charge in [-0.3, -0.25) is 0 Å². The van der Waals surface area contributed by atoms with Crippen LogP contribution >= 0.6 is 23.1 Å². The summed E-state index contributed by atoms with van der Waals surface area (Å²) in [6.07, 6.45) is 0. The number of nitrogen functional groups attached to an aromatic ring is 2. The zero-order chi connectivity index (χ0) is 11.5. The van der Waals surface area contributed by atoms with Crippen LogP contribution in [-0.4, -0.2) is 15.0 Å². The Kier molecular flexibility index (Phi) is 3.22. The Hall–Kier alpha value is -1.38. The van der Waals surface area contributed by atoms with Crippen molar-refractivity contribution in [2.24, 2.45) is 5.84 Å². The van der Waals surface area contributed by atoms with E-state index in [1.165, 1.54) is 11.8 Å². The quantitative estimate of drug-likeness (QED) is 0.430. The maximum Gasteiger partial charge on any atom is 0.223 e. The molecule has 0 radical (unpaired) electrons. The van der Waals surface area contributed by atoms with E-state index >= 15 is 0 Å². The van der Waals surface area contributed by atoms with Gasteiger partial charge < -0.3 is 11.2 Å². The summed E-state index contributed by atoms with van der Waals surface area (Å²) in [7, 11) is 0. The lowest BCUT2D eigenvalue weighted by atomic mass is 10.6. The van der Waals surface area contributed by atoms with Gasteiger partial charge >= 0.3 is 0 Å². The molecule has 0 unspecified atom stereocenters. The normalized spacial score (nSPS) is 10.4. The fraction of sp³-hybridized carbons (Fsp3) is 0.125. The number of rotatable bonds is 3. The zero-order valence-corrected chi connectivity index (χ0v) is 10.1. The Labute approximate surface area is 100 Å². The van der Waals surface area contributed by atoms with Crippen LogP contribution in [0, 0.1) is 6.92 Å². The average Bonchev–Trinajstić information content (AvgIpc) is 2.63. The SMILES string of the molecule is Cc1csc(Sc2cc(NN)nc(N)n2)n1. The van der Waals surface area contributed by atoms with Gasteiger partial charge in [-0.05, 0) is 18.7 Å². The maximum absolute atomic E-state index is 5.55. The topological polar surface area (TPSA) is 103 Å². The van der Waals surface area contributed by atoms with Crippen LogP contribution in [0.25, 0.3) is 0 Å². The Bertz CT molecular complexity index is 497. The van der Waals surface area contributed by atoms with Gasteiger partial charge in [-0.2, -0.15) is 4.98 Å². The molecule has 0 amide bonds. The second kappa shape index (κ2) is 4.64. The van der Waals surface area contributed by atoms with Crippen molar-refractivity contribution in [1.29, 1.82) is 0 Å². The molecule has 2 rings (SSSR count). The Balaban J connectivity index is 2.24. The number of nitrogens with two attached hydrogens (primary N) is 2. The molecular formula is C8H10N6S2. The van der Waals surface area contributed by atoms with Gasteiger partial charge in [0.25, 0.3) is 0 Å². The highest BCUT2D eigenvalue weighted by Crippen LogP contribution is 2.30.